The minimum atomic E-state index is -0.292. The van der Waals surface area contributed by atoms with Gasteiger partial charge in [0.15, 0.2) is 17.6 Å². The topological polar surface area (TPSA) is 81.6 Å². The number of benzene rings is 1. The summed E-state index contributed by atoms with van der Waals surface area (Å²) < 4.78 is 13.9. The molecule has 2 aromatic rings. The number of pyridine rings is 1. The third kappa shape index (κ3) is 6.82. The molecule has 1 fully saturated rings. The number of hydrogen-bond acceptors (Lipinski definition) is 4. The van der Waals surface area contributed by atoms with Crippen molar-refractivity contribution in [2.45, 2.75) is 25.8 Å². The Balaban J connectivity index is 0.00000320. The number of carbonyl (C=O) groups excluding carboxylic acids is 1. The van der Waals surface area contributed by atoms with Crippen molar-refractivity contribution in [3.63, 3.8) is 0 Å². The van der Waals surface area contributed by atoms with Crippen LogP contribution in [-0.2, 0) is 11.2 Å². The summed E-state index contributed by atoms with van der Waals surface area (Å²) in [6.07, 6.45) is 3.33. The Hall–Kier alpha value is -2.43. The first kappa shape index (κ1) is 23.8. The molecule has 9 heteroatoms. The number of rotatable bonds is 6. The number of aromatic nitrogens is 1. The van der Waals surface area contributed by atoms with Crippen LogP contribution in [0.2, 0.25) is 0 Å². The fourth-order valence-electron chi connectivity index (χ4n) is 3.35. The van der Waals surface area contributed by atoms with E-state index < -0.39 is 0 Å². The smallest absolute Gasteiger partial charge is 0.221 e. The van der Waals surface area contributed by atoms with E-state index in [-0.39, 0.29) is 41.7 Å². The number of aliphatic imine (C=N–C) groups is 1. The molecule has 0 aliphatic carbocycles. The van der Waals surface area contributed by atoms with Gasteiger partial charge in [0.2, 0.25) is 5.91 Å². The van der Waals surface area contributed by atoms with Gasteiger partial charge in [-0.05, 0) is 42.7 Å². The minimum absolute atomic E-state index is 0. The van der Waals surface area contributed by atoms with Crippen LogP contribution in [0.5, 0.6) is 0 Å². The number of anilines is 2. The van der Waals surface area contributed by atoms with Crippen LogP contribution in [0, 0.1) is 5.82 Å². The summed E-state index contributed by atoms with van der Waals surface area (Å²) in [5, 5.41) is 9.48. The number of guanidine groups is 1. The van der Waals surface area contributed by atoms with Crippen LogP contribution < -0.4 is 20.9 Å². The van der Waals surface area contributed by atoms with Crippen molar-refractivity contribution in [2.75, 3.05) is 36.9 Å². The Labute approximate surface area is 193 Å². The number of carbonyl (C=O) groups is 1. The summed E-state index contributed by atoms with van der Waals surface area (Å²) in [7, 11) is 1.74. The van der Waals surface area contributed by atoms with Gasteiger partial charge in [-0.3, -0.25) is 9.79 Å². The van der Waals surface area contributed by atoms with Crippen LogP contribution in [0.25, 0.3) is 0 Å². The van der Waals surface area contributed by atoms with Crippen molar-refractivity contribution in [1.82, 2.24) is 15.6 Å². The lowest BCUT2D eigenvalue weighted by Crippen LogP contribution is -2.45. The van der Waals surface area contributed by atoms with Crippen molar-refractivity contribution in [2.24, 2.45) is 4.99 Å². The second-order valence-electron chi connectivity index (χ2n) is 7.01. The quantitative estimate of drug-likeness (QED) is 0.307. The van der Waals surface area contributed by atoms with Gasteiger partial charge in [-0.1, -0.05) is 12.1 Å². The molecule has 2 heterocycles. The standard InChI is InChI=1S/C21H27FN6O.HI/c1-15(29)26-17-7-5-16(6-8-17)9-12-25-21(23-2)27-18-10-13-28(14-18)20-19(22)4-3-11-24-20;/h3-8,11,18H,9-10,12-14H2,1-2H3,(H,26,29)(H2,23,25,27);1H. The molecule has 1 aliphatic rings. The predicted octanol–water partition coefficient (Wildman–Crippen LogP) is 2.78. The molecule has 0 radical (unpaired) electrons. The Morgan fingerprint density at radius 3 is 2.73 bits per heavy atom. The molecular weight excluding hydrogens is 498 g/mol. The van der Waals surface area contributed by atoms with Crippen LogP contribution in [-0.4, -0.2) is 49.6 Å². The van der Waals surface area contributed by atoms with Crippen molar-refractivity contribution < 1.29 is 9.18 Å². The summed E-state index contributed by atoms with van der Waals surface area (Å²) >= 11 is 0. The van der Waals surface area contributed by atoms with Crippen LogP contribution in [0.1, 0.15) is 18.9 Å². The van der Waals surface area contributed by atoms with Gasteiger partial charge in [-0.2, -0.15) is 0 Å². The van der Waals surface area contributed by atoms with Gasteiger partial charge in [-0.25, -0.2) is 9.37 Å². The van der Waals surface area contributed by atoms with Crippen molar-refractivity contribution in [3.8, 4) is 0 Å². The zero-order valence-corrected chi connectivity index (χ0v) is 19.5. The van der Waals surface area contributed by atoms with Crippen molar-refractivity contribution >= 4 is 47.3 Å². The Kier molecular flexibility index (Phi) is 9.28. The van der Waals surface area contributed by atoms with E-state index in [2.05, 4.69) is 25.9 Å². The van der Waals surface area contributed by atoms with Crippen LogP contribution >= 0.6 is 24.0 Å². The molecule has 1 amide bonds. The fraction of sp³-hybridized carbons (Fsp3) is 0.381. The number of amides is 1. The Morgan fingerprint density at radius 1 is 1.30 bits per heavy atom. The molecule has 162 valence electrons. The lowest BCUT2D eigenvalue weighted by Gasteiger charge is -2.20. The molecule has 1 aromatic carbocycles. The molecule has 0 bridgehead atoms. The zero-order valence-electron chi connectivity index (χ0n) is 17.2. The monoisotopic (exact) mass is 526 g/mol. The molecule has 30 heavy (non-hydrogen) atoms. The number of halogens is 2. The SMILES string of the molecule is CN=C(NCCc1ccc(NC(C)=O)cc1)NC1CCN(c2ncccc2F)C1.I. The third-order valence-corrected chi connectivity index (χ3v) is 4.77. The minimum Gasteiger partial charge on any atom is -0.356 e. The molecule has 0 spiro atoms. The maximum absolute atomic E-state index is 13.9. The second-order valence-corrected chi connectivity index (χ2v) is 7.01. The first-order valence-electron chi connectivity index (χ1n) is 9.74. The summed E-state index contributed by atoms with van der Waals surface area (Å²) in [4.78, 5) is 21.5. The normalized spacial score (nSPS) is 16.0. The maximum Gasteiger partial charge on any atom is 0.221 e. The number of nitrogens with one attached hydrogen (secondary N) is 3. The van der Waals surface area contributed by atoms with Gasteiger partial charge in [0.25, 0.3) is 0 Å². The lowest BCUT2D eigenvalue weighted by molar-refractivity contribution is -0.114. The van der Waals surface area contributed by atoms with E-state index in [1.807, 2.05) is 29.2 Å². The molecule has 1 aromatic heterocycles. The Morgan fingerprint density at radius 2 is 2.07 bits per heavy atom. The molecule has 1 unspecified atom stereocenters. The summed E-state index contributed by atoms with van der Waals surface area (Å²) in [5.74, 6) is 0.765. The first-order valence-corrected chi connectivity index (χ1v) is 9.74. The molecule has 1 atom stereocenters. The van der Waals surface area contributed by atoms with E-state index in [1.54, 1.807) is 19.3 Å². The highest BCUT2D eigenvalue weighted by atomic mass is 127. The van der Waals surface area contributed by atoms with Gasteiger partial charge in [0.1, 0.15) is 0 Å². The highest BCUT2D eigenvalue weighted by Gasteiger charge is 2.25. The molecule has 0 saturated carbocycles. The van der Waals surface area contributed by atoms with E-state index >= 15 is 0 Å². The third-order valence-electron chi connectivity index (χ3n) is 4.77. The molecule has 3 N–H and O–H groups in total. The Bertz CT molecular complexity index is 861. The summed E-state index contributed by atoms with van der Waals surface area (Å²) in [6.45, 7) is 3.65. The van der Waals surface area contributed by atoms with Gasteiger partial charge in [0.05, 0.1) is 0 Å². The van der Waals surface area contributed by atoms with Gasteiger partial charge in [-0.15, -0.1) is 24.0 Å². The second kappa shape index (κ2) is 11.7. The zero-order chi connectivity index (χ0) is 20.6. The molecule has 7 nitrogen and oxygen atoms in total. The molecular formula is C21H28FIN6O. The van der Waals surface area contributed by atoms with Crippen LogP contribution in [0.15, 0.2) is 47.6 Å². The van der Waals surface area contributed by atoms with E-state index in [0.29, 0.717) is 12.4 Å². The van der Waals surface area contributed by atoms with Crippen molar-refractivity contribution in [3.05, 3.63) is 54.0 Å². The largest absolute Gasteiger partial charge is 0.356 e. The summed E-state index contributed by atoms with van der Waals surface area (Å²) in [6, 6.07) is 11.0. The molecule has 1 aliphatic heterocycles. The van der Waals surface area contributed by atoms with Gasteiger partial charge in [0, 0.05) is 51.5 Å². The number of nitrogens with zero attached hydrogens (tertiary/aromatic N) is 3. The van der Waals surface area contributed by atoms with Gasteiger partial charge < -0.3 is 20.9 Å². The summed E-state index contributed by atoms with van der Waals surface area (Å²) in [5.41, 5.74) is 1.96. The maximum atomic E-state index is 13.9. The predicted molar refractivity (Wildman–Crippen MR) is 129 cm³/mol. The fourth-order valence-corrected chi connectivity index (χ4v) is 3.35. The van der Waals surface area contributed by atoms with Crippen molar-refractivity contribution in [1.29, 1.82) is 0 Å². The average molecular weight is 526 g/mol. The molecule has 3 rings (SSSR count). The highest BCUT2D eigenvalue weighted by molar-refractivity contribution is 14.0. The number of hydrogen-bond donors (Lipinski definition) is 3. The first-order chi connectivity index (χ1) is 14.0. The van der Waals surface area contributed by atoms with E-state index in [0.717, 1.165) is 37.6 Å². The average Bonchev–Trinajstić information content (AvgIpc) is 3.16. The highest BCUT2D eigenvalue weighted by Crippen LogP contribution is 2.20. The lowest BCUT2D eigenvalue weighted by atomic mass is 10.1. The van der Waals surface area contributed by atoms with E-state index in [1.165, 1.54) is 18.6 Å². The van der Waals surface area contributed by atoms with Crippen LogP contribution in [0.3, 0.4) is 0 Å². The van der Waals surface area contributed by atoms with E-state index in [9.17, 15) is 9.18 Å². The van der Waals surface area contributed by atoms with E-state index in [4.69, 9.17) is 0 Å². The van der Waals surface area contributed by atoms with Crippen LogP contribution in [0.4, 0.5) is 15.9 Å². The molecule has 1 saturated heterocycles. The van der Waals surface area contributed by atoms with Gasteiger partial charge >= 0.3 is 0 Å².